The molecule has 1 saturated heterocycles. The standard InChI is InChI=1S/C21H24FN7O.HI/c1-30-18-8-2-15(3-9-18)20-25-19(26-27-20)14-24-21(23)29-12-10-28(11-13-29)17-6-4-16(22)5-7-17;/h2-9H,10-14H2,1H3,(H2,23,24)(H,25,26,27);1H. The number of aromatic nitrogens is 3. The predicted molar refractivity (Wildman–Crippen MR) is 129 cm³/mol. The molecule has 8 nitrogen and oxygen atoms in total. The van der Waals surface area contributed by atoms with Gasteiger partial charge in [0.2, 0.25) is 0 Å². The average molecular weight is 537 g/mol. The first-order chi connectivity index (χ1) is 14.6. The van der Waals surface area contributed by atoms with Crippen LogP contribution in [0.3, 0.4) is 0 Å². The summed E-state index contributed by atoms with van der Waals surface area (Å²) in [4.78, 5) is 13.2. The average Bonchev–Trinajstić information content (AvgIpc) is 3.27. The maximum atomic E-state index is 13.1. The molecule has 0 radical (unpaired) electrons. The molecule has 0 bridgehead atoms. The Kier molecular flexibility index (Phi) is 7.66. The zero-order chi connectivity index (χ0) is 20.9. The van der Waals surface area contributed by atoms with E-state index < -0.39 is 0 Å². The van der Waals surface area contributed by atoms with Crippen LogP contribution >= 0.6 is 24.0 Å². The molecule has 1 aliphatic heterocycles. The summed E-state index contributed by atoms with van der Waals surface area (Å²) in [6.45, 7) is 3.42. The second-order valence-electron chi connectivity index (χ2n) is 6.96. The van der Waals surface area contributed by atoms with Crippen LogP contribution in [0.1, 0.15) is 5.82 Å². The van der Waals surface area contributed by atoms with Crippen molar-refractivity contribution in [3.63, 3.8) is 0 Å². The molecule has 31 heavy (non-hydrogen) atoms. The van der Waals surface area contributed by atoms with E-state index in [4.69, 9.17) is 10.5 Å². The quantitative estimate of drug-likeness (QED) is 0.296. The van der Waals surface area contributed by atoms with Gasteiger partial charge >= 0.3 is 0 Å². The monoisotopic (exact) mass is 537 g/mol. The highest BCUT2D eigenvalue weighted by Crippen LogP contribution is 2.19. The topological polar surface area (TPSA) is 95.7 Å². The first-order valence-electron chi connectivity index (χ1n) is 9.73. The number of hydrogen-bond acceptors (Lipinski definition) is 5. The lowest BCUT2D eigenvalue weighted by Crippen LogP contribution is -2.51. The molecule has 0 saturated carbocycles. The minimum absolute atomic E-state index is 0. The Morgan fingerprint density at radius 3 is 2.42 bits per heavy atom. The number of halogens is 2. The highest BCUT2D eigenvalue weighted by Gasteiger charge is 2.18. The fourth-order valence-electron chi connectivity index (χ4n) is 3.34. The molecule has 1 fully saturated rings. The minimum Gasteiger partial charge on any atom is -0.497 e. The van der Waals surface area contributed by atoms with Crippen molar-refractivity contribution in [2.75, 3.05) is 38.2 Å². The number of nitrogens with one attached hydrogen (secondary N) is 1. The molecule has 0 spiro atoms. The third kappa shape index (κ3) is 5.63. The van der Waals surface area contributed by atoms with Crippen LogP contribution < -0.4 is 15.4 Å². The molecule has 1 aliphatic rings. The van der Waals surface area contributed by atoms with Crippen LogP contribution in [0.15, 0.2) is 53.5 Å². The Morgan fingerprint density at radius 1 is 1.10 bits per heavy atom. The summed E-state index contributed by atoms with van der Waals surface area (Å²) in [6.07, 6.45) is 0. The van der Waals surface area contributed by atoms with E-state index in [0.29, 0.717) is 24.2 Å². The van der Waals surface area contributed by atoms with Crippen molar-refractivity contribution in [1.29, 1.82) is 0 Å². The third-order valence-electron chi connectivity index (χ3n) is 5.07. The second-order valence-corrected chi connectivity index (χ2v) is 6.96. The predicted octanol–water partition coefficient (Wildman–Crippen LogP) is 2.87. The summed E-state index contributed by atoms with van der Waals surface area (Å²) in [5, 5.41) is 7.16. The first kappa shape index (κ1) is 22.8. The van der Waals surface area contributed by atoms with Crippen LogP contribution in [0, 0.1) is 5.82 Å². The van der Waals surface area contributed by atoms with Gasteiger partial charge in [-0.25, -0.2) is 14.4 Å². The molecule has 3 N–H and O–H groups in total. The number of guanidine groups is 1. The van der Waals surface area contributed by atoms with Gasteiger partial charge in [-0.05, 0) is 48.5 Å². The molecule has 0 unspecified atom stereocenters. The number of aliphatic imine (C=N–C) groups is 1. The van der Waals surface area contributed by atoms with Gasteiger partial charge in [0.15, 0.2) is 11.8 Å². The van der Waals surface area contributed by atoms with E-state index in [0.717, 1.165) is 43.2 Å². The smallest absolute Gasteiger partial charge is 0.191 e. The lowest BCUT2D eigenvalue weighted by Gasteiger charge is -2.36. The second kappa shape index (κ2) is 10.4. The Bertz CT molecular complexity index is 999. The summed E-state index contributed by atoms with van der Waals surface area (Å²) >= 11 is 0. The highest BCUT2D eigenvalue weighted by molar-refractivity contribution is 14.0. The molecular weight excluding hydrogens is 512 g/mol. The van der Waals surface area contributed by atoms with Crippen molar-refractivity contribution >= 4 is 35.6 Å². The summed E-state index contributed by atoms with van der Waals surface area (Å²) in [5.74, 6) is 2.29. The zero-order valence-electron chi connectivity index (χ0n) is 17.2. The van der Waals surface area contributed by atoms with Crippen molar-refractivity contribution < 1.29 is 9.13 Å². The number of nitrogens with zero attached hydrogens (tertiary/aromatic N) is 5. The van der Waals surface area contributed by atoms with E-state index in [2.05, 4.69) is 25.1 Å². The van der Waals surface area contributed by atoms with Crippen LogP contribution in [0.4, 0.5) is 10.1 Å². The fraction of sp³-hybridized carbons (Fsp3) is 0.286. The van der Waals surface area contributed by atoms with E-state index in [1.54, 1.807) is 19.2 Å². The van der Waals surface area contributed by atoms with Crippen molar-refractivity contribution in [2.24, 2.45) is 10.7 Å². The number of methoxy groups -OCH3 is 1. The van der Waals surface area contributed by atoms with Crippen LogP contribution in [0.5, 0.6) is 5.75 Å². The van der Waals surface area contributed by atoms with Gasteiger partial charge in [0.05, 0.1) is 7.11 Å². The van der Waals surface area contributed by atoms with E-state index in [-0.39, 0.29) is 29.8 Å². The number of nitrogens with two attached hydrogens (primary N) is 1. The summed E-state index contributed by atoms with van der Waals surface area (Å²) in [7, 11) is 1.63. The number of benzene rings is 2. The molecule has 10 heteroatoms. The van der Waals surface area contributed by atoms with Gasteiger partial charge in [0.1, 0.15) is 23.9 Å². The Hall–Kier alpha value is -2.89. The van der Waals surface area contributed by atoms with E-state index in [1.807, 2.05) is 29.2 Å². The van der Waals surface area contributed by atoms with Gasteiger partial charge in [0, 0.05) is 37.4 Å². The van der Waals surface area contributed by atoms with Crippen molar-refractivity contribution in [3.05, 3.63) is 60.2 Å². The maximum Gasteiger partial charge on any atom is 0.191 e. The van der Waals surface area contributed by atoms with Crippen LogP contribution in [-0.4, -0.2) is 59.3 Å². The molecule has 4 rings (SSSR count). The normalized spacial score (nSPS) is 14.3. The first-order valence-corrected chi connectivity index (χ1v) is 9.73. The molecule has 0 atom stereocenters. The molecular formula is C21H25FIN7O. The maximum absolute atomic E-state index is 13.1. The van der Waals surface area contributed by atoms with Gasteiger partial charge < -0.3 is 20.3 Å². The van der Waals surface area contributed by atoms with Gasteiger partial charge in [-0.1, -0.05) is 0 Å². The van der Waals surface area contributed by atoms with E-state index >= 15 is 0 Å². The lowest BCUT2D eigenvalue weighted by molar-refractivity contribution is 0.380. The summed E-state index contributed by atoms with van der Waals surface area (Å²) < 4.78 is 18.3. The highest BCUT2D eigenvalue weighted by atomic mass is 127. The number of H-pyrrole nitrogens is 1. The Labute approximate surface area is 197 Å². The molecule has 0 amide bonds. The molecule has 2 heterocycles. The number of hydrogen-bond donors (Lipinski definition) is 2. The number of anilines is 1. The molecule has 0 aliphatic carbocycles. The van der Waals surface area contributed by atoms with Crippen molar-refractivity contribution in [2.45, 2.75) is 6.54 Å². The van der Waals surface area contributed by atoms with Gasteiger partial charge in [-0.3, -0.25) is 5.10 Å². The number of ether oxygens (including phenoxy) is 1. The number of piperazine rings is 1. The Balaban J connectivity index is 0.00000272. The largest absolute Gasteiger partial charge is 0.497 e. The van der Waals surface area contributed by atoms with Crippen LogP contribution in [-0.2, 0) is 6.54 Å². The zero-order valence-corrected chi connectivity index (χ0v) is 19.5. The Morgan fingerprint density at radius 2 is 1.77 bits per heavy atom. The van der Waals surface area contributed by atoms with Gasteiger partial charge in [-0.2, -0.15) is 5.10 Å². The van der Waals surface area contributed by atoms with Gasteiger partial charge in [0.25, 0.3) is 0 Å². The third-order valence-corrected chi connectivity index (χ3v) is 5.07. The molecule has 2 aromatic carbocycles. The lowest BCUT2D eigenvalue weighted by atomic mass is 10.2. The molecule has 3 aromatic rings. The van der Waals surface area contributed by atoms with Crippen LogP contribution in [0.25, 0.3) is 11.4 Å². The van der Waals surface area contributed by atoms with Crippen LogP contribution in [0.2, 0.25) is 0 Å². The SMILES string of the molecule is COc1ccc(-c2n[nH]c(CN=C(N)N3CCN(c4ccc(F)cc4)CC3)n2)cc1.I. The summed E-state index contributed by atoms with van der Waals surface area (Å²) in [6, 6.07) is 14.1. The molecule has 1 aromatic heterocycles. The van der Waals surface area contributed by atoms with Gasteiger partial charge in [-0.15, -0.1) is 24.0 Å². The van der Waals surface area contributed by atoms with Crippen molar-refractivity contribution in [3.8, 4) is 17.1 Å². The number of aromatic amines is 1. The number of rotatable bonds is 5. The van der Waals surface area contributed by atoms with E-state index in [9.17, 15) is 4.39 Å². The fourth-order valence-corrected chi connectivity index (χ4v) is 3.34. The molecule has 164 valence electrons. The van der Waals surface area contributed by atoms with E-state index in [1.165, 1.54) is 12.1 Å². The summed E-state index contributed by atoms with van der Waals surface area (Å²) in [5.41, 5.74) is 8.09. The minimum atomic E-state index is -0.226. The van der Waals surface area contributed by atoms with Crippen molar-refractivity contribution in [1.82, 2.24) is 20.1 Å².